The minimum absolute atomic E-state index is 0.180. The van der Waals surface area contributed by atoms with E-state index in [1.165, 1.54) is 18.7 Å². The highest BCUT2D eigenvalue weighted by atomic mass is 79.9. The largest absolute Gasteiger partial charge is 0.854 e. The predicted molar refractivity (Wildman–Crippen MR) is 149 cm³/mol. The third kappa shape index (κ3) is 5.26. The average molecular weight is 592 g/mol. The number of aromatic nitrogens is 3. The van der Waals surface area contributed by atoms with Crippen molar-refractivity contribution in [3.05, 3.63) is 88.4 Å². The number of hydrogen-bond donors (Lipinski definition) is 0. The third-order valence-corrected chi connectivity index (χ3v) is 7.69. The Morgan fingerprint density at radius 1 is 1.13 bits per heavy atom. The van der Waals surface area contributed by atoms with Crippen molar-refractivity contribution in [1.82, 2.24) is 10.1 Å². The Hall–Kier alpha value is -3.43. The highest BCUT2D eigenvalue weighted by molar-refractivity contribution is 9.10. The van der Waals surface area contributed by atoms with Crippen molar-refractivity contribution in [1.29, 1.82) is 0 Å². The number of benzene rings is 3. The summed E-state index contributed by atoms with van der Waals surface area (Å²) in [6.07, 6.45) is 1.27. The summed E-state index contributed by atoms with van der Waals surface area (Å²) in [7, 11) is 0. The number of fused-ring (bicyclic) bond motifs is 3. The molecule has 5 rings (SSSR count). The molecule has 2 heterocycles. The molecule has 1 aliphatic heterocycles. The number of carbonyl (C=O) groups is 1. The fourth-order valence-corrected chi connectivity index (χ4v) is 5.80. The molecule has 0 saturated carbocycles. The minimum atomic E-state index is -0.748. The molecule has 0 bridgehead atoms. The van der Waals surface area contributed by atoms with Crippen molar-refractivity contribution in [3.63, 3.8) is 0 Å². The molecular weight excluding hydrogens is 564 g/mol. The van der Waals surface area contributed by atoms with Gasteiger partial charge in [-0.1, -0.05) is 88.2 Å². The van der Waals surface area contributed by atoms with E-state index in [1.54, 1.807) is 9.58 Å². The number of amides is 1. The van der Waals surface area contributed by atoms with Crippen LogP contribution in [0.2, 0.25) is 0 Å². The number of thioether (sulfide) groups is 1. The van der Waals surface area contributed by atoms with Gasteiger partial charge in [-0.05, 0) is 42.3 Å². The molecule has 0 radical (unpaired) electrons. The topological polar surface area (TPSA) is 82.3 Å². The highest BCUT2D eigenvalue weighted by Gasteiger charge is 2.45. The summed E-state index contributed by atoms with van der Waals surface area (Å²) in [4.78, 5) is 19.2. The van der Waals surface area contributed by atoms with Crippen LogP contribution in [0.1, 0.15) is 44.0 Å². The lowest BCUT2D eigenvalue weighted by Gasteiger charge is -2.33. The normalized spacial score (nSPS) is 14.1. The van der Waals surface area contributed by atoms with Crippen molar-refractivity contribution >= 4 is 39.3 Å². The van der Waals surface area contributed by atoms with Gasteiger partial charge in [0, 0.05) is 22.2 Å². The summed E-state index contributed by atoms with van der Waals surface area (Å²) in [5, 5.41) is 18.7. The van der Waals surface area contributed by atoms with E-state index in [4.69, 9.17) is 9.84 Å². The summed E-state index contributed by atoms with van der Waals surface area (Å²) in [5.74, 6) is 0.842. The van der Waals surface area contributed by atoms with Crippen LogP contribution in [-0.2, 0) is 11.4 Å². The van der Waals surface area contributed by atoms with Gasteiger partial charge < -0.3 is 9.84 Å². The quantitative estimate of drug-likeness (QED) is 0.150. The fraction of sp³-hybridized carbons (Fsp3) is 0.241. The molecule has 0 fully saturated rings. The van der Waals surface area contributed by atoms with Crippen LogP contribution in [0.3, 0.4) is 0 Å². The maximum atomic E-state index is 13.5. The van der Waals surface area contributed by atoms with Crippen LogP contribution in [-0.4, -0.2) is 21.7 Å². The Bertz CT molecular complexity index is 1470. The van der Waals surface area contributed by atoms with Gasteiger partial charge in [0.25, 0.3) is 17.0 Å². The zero-order valence-electron chi connectivity index (χ0n) is 21.1. The van der Waals surface area contributed by atoms with Crippen LogP contribution in [0.4, 0.5) is 5.69 Å². The van der Waals surface area contributed by atoms with Gasteiger partial charge in [-0.15, -0.1) is 0 Å². The van der Waals surface area contributed by atoms with Gasteiger partial charge in [-0.3, -0.25) is 4.79 Å². The van der Waals surface area contributed by atoms with Crippen LogP contribution < -0.4 is 19.4 Å². The Kier molecular flexibility index (Phi) is 7.95. The molecule has 1 amide bonds. The second-order valence-corrected chi connectivity index (χ2v) is 10.9. The predicted octanol–water partition coefficient (Wildman–Crippen LogP) is 5.65. The van der Waals surface area contributed by atoms with Gasteiger partial charge in [-0.25, -0.2) is 9.88 Å². The van der Waals surface area contributed by atoms with Crippen LogP contribution in [0, 0.1) is 0 Å². The Morgan fingerprint density at radius 3 is 2.66 bits per heavy atom. The average Bonchev–Trinajstić information content (AvgIpc) is 2.92. The zero-order chi connectivity index (χ0) is 26.6. The highest BCUT2D eigenvalue weighted by Crippen LogP contribution is 2.43. The molecule has 0 spiro atoms. The van der Waals surface area contributed by atoms with E-state index in [2.05, 4.69) is 27.8 Å². The molecule has 1 atom stereocenters. The molecular formula is C29H27BrN4O3S. The molecule has 9 heteroatoms. The van der Waals surface area contributed by atoms with E-state index in [-0.39, 0.29) is 11.8 Å². The van der Waals surface area contributed by atoms with Gasteiger partial charge >= 0.3 is 0 Å². The molecule has 3 aromatic carbocycles. The molecule has 0 saturated heterocycles. The Labute approximate surface area is 234 Å². The van der Waals surface area contributed by atoms with E-state index < -0.39 is 6.17 Å². The molecule has 1 aromatic heterocycles. The maximum Gasteiger partial charge on any atom is 0.296 e. The number of anilines is 1. The van der Waals surface area contributed by atoms with Crippen molar-refractivity contribution in [2.75, 3.05) is 10.7 Å². The van der Waals surface area contributed by atoms with Gasteiger partial charge in [0.05, 0.1) is 22.7 Å². The number of unbranched alkanes of at least 4 members (excludes halogenated alkanes) is 1. The first kappa shape index (κ1) is 26.2. The summed E-state index contributed by atoms with van der Waals surface area (Å²) in [5.41, 5.74) is 3.32. The number of rotatable bonds is 8. The third-order valence-electron chi connectivity index (χ3n) is 6.27. The first-order valence-electron chi connectivity index (χ1n) is 12.5. The second kappa shape index (κ2) is 11.5. The first-order chi connectivity index (χ1) is 18.5. The van der Waals surface area contributed by atoms with E-state index in [0.29, 0.717) is 40.0 Å². The summed E-state index contributed by atoms with van der Waals surface area (Å²) >= 11 is 5.04. The first-order valence-corrected chi connectivity index (χ1v) is 14.2. The Morgan fingerprint density at radius 2 is 1.89 bits per heavy atom. The number of nitrogens with zero attached hydrogens (tertiary/aromatic N) is 4. The standard InChI is InChI=1S/C29H27BrN4O3S/c1-3-4-16-38-29-31-27(36)26-22-12-8-9-13-24(22)33(19(2)35)28(34(26)32-29)23-17-21(30)14-15-25(23)37-18-20-10-6-5-7-11-20/h5-15,17,28H,3-4,16,18H2,1-2H3. The van der Waals surface area contributed by atoms with Crippen molar-refractivity contribution in [2.45, 2.75) is 44.6 Å². The van der Waals surface area contributed by atoms with E-state index >= 15 is 0 Å². The molecule has 38 heavy (non-hydrogen) atoms. The van der Waals surface area contributed by atoms with Crippen LogP contribution in [0.25, 0.3) is 11.3 Å². The molecule has 0 N–H and O–H groups in total. The molecule has 4 aromatic rings. The lowest BCUT2D eigenvalue weighted by Crippen LogP contribution is -2.58. The lowest BCUT2D eigenvalue weighted by atomic mass is 10.0. The maximum absolute atomic E-state index is 13.5. The second-order valence-electron chi connectivity index (χ2n) is 8.93. The van der Waals surface area contributed by atoms with Gasteiger partial charge in [-0.2, -0.15) is 0 Å². The van der Waals surface area contributed by atoms with Crippen molar-refractivity contribution in [2.24, 2.45) is 0 Å². The summed E-state index contributed by atoms with van der Waals surface area (Å²) < 4.78 is 8.76. The number of ether oxygens (including phenoxy) is 1. The van der Waals surface area contributed by atoms with Crippen LogP contribution in [0.5, 0.6) is 11.6 Å². The molecule has 1 aliphatic rings. The number of carbonyl (C=O) groups excluding carboxylic acids is 1. The lowest BCUT2D eigenvalue weighted by molar-refractivity contribution is -0.764. The SMILES string of the molecule is CCCCSc1nc([O-])c2[n+](n1)C(c1cc(Br)ccc1OCc1ccccc1)N(C(C)=O)c1ccccc1-2. The van der Waals surface area contributed by atoms with Crippen molar-refractivity contribution < 1.29 is 19.3 Å². The van der Waals surface area contributed by atoms with E-state index in [9.17, 15) is 9.90 Å². The number of hydrogen-bond acceptors (Lipinski definition) is 6. The molecule has 7 nitrogen and oxygen atoms in total. The minimum Gasteiger partial charge on any atom is -0.854 e. The Balaban J connectivity index is 1.69. The van der Waals surface area contributed by atoms with Gasteiger partial charge in [0.2, 0.25) is 5.91 Å². The molecule has 1 unspecified atom stereocenters. The summed E-state index contributed by atoms with van der Waals surface area (Å²) in [6.45, 7) is 3.99. The molecule has 0 aliphatic carbocycles. The van der Waals surface area contributed by atoms with E-state index in [0.717, 1.165) is 28.6 Å². The van der Waals surface area contributed by atoms with Gasteiger partial charge in [0.15, 0.2) is 0 Å². The number of para-hydroxylation sites is 1. The van der Waals surface area contributed by atoms with Crippen molar-refractivity contribution in [3.8, 4) is 22.9 Å². The van der Waals surface area contributed by atoms with Crippen LogP contribution >= 0.6 is 27.7 Å². The summed E-state index contributed by atoms with van der Waals surface area (Å²) in [6, 6.07) is 23.0. The van der Waals surface area contributed by atoms with E-state index in [1.807, 2.05) is 72.8 Å². The monoisotopic (exact) mass is 590 g/mol. The fourth-order valence-electron chi connectivity index (χ4n) is 4.51. The van der Waals surface area contributed by atoms with Gasteiger partial charge in [0.1, 0.15) is 12.4 Å². The number of halogens is 1. The smallest absolute Gasteiger partial charge is 0.296 e. The zero-order valence-corrected chi connectivity index (χ0v) is 23.5. The molecule has 194 valence electrons. The van der Waals surface area contributed by atoms with Crippen LogP contribution in [0.15, 0.2) is 82.4 Å².